The first-order valence-electron chi connectivity index (χ1n) is 12.6. The van der Waals surface area contributed by atoms with Gasteiger partial charge in [0.25, 0.3) is 23.2 Å². The lowest BCUT2D eigenvalue weighted by Crippen LogP contribution is -2.24. The van der Waals surface area contributed by atoms with E-state index in [0.717, 1.165) is 26.1 Å². The molecule has 5 rings (SSSR count). The number of aryl methyl sites for hydroxylation is 1. The number of imide groups is 1. The molecule has 4 aromatic rings. The maximum atomic E-state index is 13.2. The molecule has 0 fully saturated rings. The van der Waals surface area contributed by atoms with Crippen LogP contribution in [0, 0.1) is 20.2 Å². The molecule has 0 atom stereocenters. The molecule has 2 aromatic carbocycles. The Bertz CT molecular complexity index is 1690. The Balaban J connectivity index is 1.70. The molecule has 1 aliphatic heterocycles. The second-order valence-corrected chi connectivity index (χ2v) is 9.30. The van der Waals surface area contributed by atoms with Crippen LogP contribution in [0.15, 0.2) is 48.8 Å². The van der Waals surface area contributed by atoms with Gasteiger partial charge in [-0.05, 0) is 38.2 Å². The Hall–Kier alpha value is -4.84. The average Bonchev–Trinajstić information content (AvgIpc) is 3.58. The number of nitro benzene ring substituents is 2. The van der Waals surface area contributed by atoms with E-state index in [1.165, 1.54) is 36.5 Å². The minimum Gasteiger partial charge on any atom is -0.361 e. The highest BCUT2D eigenvalue weighted by Gasteiger charge is 2.35. The SMILES string of the molecule is CCN(CC)CCCn1cc(C2=C(c3c[nH]c4ccc([N+](=O)[O-])cc34)C(=O)NC2=O)c2cc([N+](=O)[O-])ccc21. The minimum atomic E-state index is -0.643. The predicted molar refractivity (Wildman–Crippen MR) is 146 cm³/mol. The highest BCUT2D eigenvalue weighted by molar-refractivity contribution is 6.50. The van der Waals surface area contributed by atoms with Crippen molar-refractivity contribution in [2.45, 2.75) is 26.8 Å². The lowest BCUT2D eigenvalue weighted by atomic mass is 9.95. The van der Waals surface area contributed by atoms with Crippen molar-refractivity contribution in [3.8, 4) is 0 Å². The van der Waals surface area contributed by atoms with Gasteiger partial charge in [0, 0.05) is 76.1 Å². The first kappa shape index (κ1) is 25.8. The highest BCUT2D eigenvalue weighted by Crippen LogP contribution is 2.39. The number of hydrogen-bond donors (Lipinski definition) is 2. The molecule has 200 valence electrons. The highest BCUT2D eigenvalue weighted by atomic mass is 16.6. The average molecular weight is 531 g/mol. The normalized spacial score (nSPS) is 13.7. The molecule has 0 radical (unpaired) electrons. The molecule has 1 aliphatic rings. The van der Waals surface area contributed by atoms with Crippen molar-refractivity contribution in [2.75, 3.05) is 19.6 Å². The Morgan fingerprint density at radius 2 is 1.49 bits per heavy atom. The molecule has 2 aromatic heterocycles. The summed E-state index contributed by atoms with van der Waals surface area (Å²) < 4.78 is 1.94. The van der Waals surface area contributed by atoms with Crippen LogP contribution in [0.5, 0.6) is 0 Å². The topological polar surface area (TPSA) is 156 Å². The predicted octanol–water partition coefficient (Wildman–Crippen LogP) is 4.24. The molecule has 0 saturated carbocycles. The summed E-state index contributed by atoms with van der Waals surface area (Å²) in [6.45, 7) is 7.48. The number of hydrogen-bond acceptors (Lipinski definition) is 7. The Labute approximate surface area is 222 Å². The molecule has 2 N–H and O–H groups in total. The number of amides is 2. The molecule has 39 heavy (non-hydrogen) atoms. The molecule has 0 spiro atoms. The zero-order chi connectivity index (χ0) is 27.8. The lowest BCUT2D eigenvalue weighted by molar-refractivity contribution is -0.384. The quantitative estimate of drug-likeness (QED) is 0.176. The zero-order valence-corrected chi connectivity index (χ0v) is 21.4. The van der Waals surface area contributed by atoms with E-state index in [-0.39, 0.29) is 22.5 Å². The van der Waals surface area contributed by atoms with Crippen LogP contribution in [0.1, 0.15) is 31.4 Å². The smallest absolute Gasteiger partial charge is 0.270 e. The van der Waals surface area contributed by atoms with E-state index in [0.29, 0.717) is 39.5 Å². The summed E-state index contributed by atoms with van der Waals surface area (Å²) in [6.07, 6.45) is 4.10. The van der Waals surface area contributed by atoms with Crippen LogP contribution in [0.3, 0.4) is 0 Å². The van der Waals surface area contributed by atoms with E-state index < -0.39 is 21.7 Å². The maximum absolute atomic E-state index is 13.2. The summed E-state index contributed by atoms with van der Waals surface area (Å²) in [7, 11) is 0. The van der Waals surface area contributed by atoms with Crippen molar-refractivity contribution >= 4 is 56.1 Å². The van der Waals surface area contributed by atoms with Crippen LogP contribution in [0.4, 0.5) is 11.4 Å². The number of nitrogens with one attached hydrogen (secondary N) is 2. The van der Waals surface area contributed by atoms with Crippen LogP contribution < -0.4 is 5.32 Å². The van der Waals surface area contributed by atoms with Gasteiger partial charge in [0.1, 0.15) is 0 Å². The molecular weight excluding hydrogens is 504 g/mol. The molecule has 0 bridgehead atoms. The Morgan fingerprint density at radius 3 is 2.13 bits per heavy atom. The first-order chi connectivity index (χ1) is 18.7. The van der Waals surface area contributed by atoms with Crippen molar-refractivity contribution in [3.63, 3.8) is 0 Å². The number of nitro groups is 2. The van der Waals surface area contributed by atoms with Gasteiger partial charge in [0.15, 0.2) is 0 Å². The third-order valence-corrected chi connectivity index (χ3v) is 7.19. The molecular formula is C27H26N6O6. The molecule has 12 heteroatoms. The summed E-state index contributed by atoms with van der Waals surface area (Å²) in [5.74, 6) is -1.28. The van der Waals surface area contributed by atoms with E-state index in [9.17, 15) is 29.8 Å². The maximum Gasteiger partial charge on any atom is 0.270 e. The lowest BCUT2D eigenvalue weighted by Gasteiger charge is -2.17. The van der Waals surface area contributed by atoms with Crippen LogP contribution in [0.25, 0.3) is 33.0 Å². The zero-order valence-electron chi connectivity index (χ0n) is 21.4. The molecule has 0 unspecified atom stereocenters. The van der Waals surface area contributed by atoms with E-state index in [2.05, 4.69) is 29.0 Å². The van der Waals surface area contributed by atoms with E-state index >= 15 is 0 Å². The molecule has 2 amide bonds. The van der Waals surface area contributed by atoms with E-state index in [1.807, 2.05) is 4.57 Å². The number of aromatic amines is 1. The first-order valence-corrected chi connectivity index (χ1v) is 12.6. The van der Waals surface area contributed by atoms with Gasteiger partial charge in [-0.3, -0.25) is 35.1 Å². The Kier molecular flexibility index (Phi) is 6.71. The number of benzene rings is 2. The fourth-order valence-corrected chi connectivity index (χ4v) is 5.19. The van der Waals surface area contributed by atoms with Crippen molar-refractivity contribution in [2.24, 2.45) is 0 Å². The number of nitrogens with zero attached hydrogens (tertiary/aromatic N) is 4. The number of non-ortho nitro benzene ring substituents is 2. The molecule has 0 aliphatic carbocycles. The monoisotopic (exact) mass is 530 g/mol. The van der Waals surface area contributed by atoms with Gasteiger partial charge in [-0.2, -0.15) is 0 Å². The number of aromatic nitrogens is 2. The fourth-order valence-electron chi connectivity index (χ4n) is 5.19. The van der Waals surface area contributed by atoms with Crippen molar-refractivity contribution in [1.29, 1.82) is 0 Å². The number of carbonyl (C=O) groups is 2. The number of rotatable bonds is 10. The summed E-state index contributed by atoms with van der Waals surface area (Å²) in [4.78, 5) is 53.5. The summed E-state index contributed by atoms with van der Waals surface area (Å²) >= 11 is 0. The number of carbonyl (C=O) groups excluding carboxylic acids is 2. The second-order valence-electron chi connectivity index (χ2n) is 9.30. The Morgan fingerprint density at radius 1 is 0.872 bits per heavy atom. The largest absolute Gasteiger partial charge is 0.361 e. The number of H-pyrrole nitrogens is 1. The van der Waals surface area contributed by atoms with Crippen molar-refractivity contribution in [3.05, 3.63) is 80.1 Å². The minimum absolute atomic E-state index is 0.0560. The van der Waals surface area contributed by atoms with Crippen LogP contribution >= 0.6 is 0 Å². The van der Waals surface area contributed by atoms with Gasteiger partial charge in [-0.15, -0.1) is 0 Å². The van der Waals surface area contributed by atoms with Gasteiger partial charge in [0.05, 0.1) is 21.0 Å². The van der Waals surface area contributed by atoms with Crippen molar-refractivity contribution < 1.29 is 19.4 Å². The summed E-state index contributed by atoms with van der Waals surface area (Å²) in [5, 5.41) is 26.2. The van der Waals surface area contributed by atoms with Gasteiger partial charge in [0.2, 0.25) is 0 Å². The van der Waals surface area contributed by atoms with Crippen LogP contribution in [-0.2, 0) is 16.1 Å². The van der Waals surface area contributed by atoms with Crippen molar-refractivity contribution in [1.82, 2.24) is 19.8 Å². The third kappa shape index (κ3) is 4.55. The van der Waals surface area contributed by atoms with Gasteiger partial charge < -0.3 is 14.5 Å². The molecule has 12 nitrogen and oxygen atoms in total. The van der Waals surface area contributed by atoms with Crippen LogP contribution in [-0.4, -0.2) is 55.7 Å². The fraction of sp³-hybridized carbons (Fsp3) is 0.259. The van der Waals surface area contributed by atoms with Gasteiger partial charge in [-0.1, -0.05) is 13.8 Å². The molecule has 3 heterocycles. The van der Waals surface area contributed by atoms with E-state index in [4.69, 9.17) is 0 Å². The van der Waals surface area contributed by atoms with Gasteiger partial charge in [-0.25, -0.2) is 0 Å². The third-order valence-electron chi connectivity index (χ3n) is 7.19. The molecule has 0 saturated heterocycles. The van der Waals surface area contributed by atoms with Gasteiger partial charge >= 0.3 is 0 Å². The second kappa shape index (κ2) is 10.1. The summed E-state index contributed by atoms with van der Waals surface area (Å²) in [5.41, 5.74) is 1.80. The number of fused-ring (bicyclic) bond motifs is 2. The van der Waals surface area contributed by atoms with E-state index in [1.54, 1.807) is 12.3 Å². The van der Waals surface area contributed by atoms with Crippen LogP contribution in [0.2, 0.25) is 0 Å². The summed E-state index contributed by atoms with van der Waals surface area (Å²) in [6, 6.07) is 8.72. The standard InChI is InChI=1S/C27H26N6O6/c1-3-30(4-2)10-5-11-31-15-21(19-13-17(33(38)39)7-9-23(19)31)25-24(26(34)29-27(25)35)20-14-28-22-8-6-16(32(36)37)12-18(20)22/h6-9,12-15,28H,3-5,10-11H2,1-2H3,(H,29,34,35).